The number of nitrogens with zero attached hydrogens (tertiary/aromatic N) is 1. The standard InChI is InChI=1S/C10H14FIN2/c1-14(2)6-5-13-10-4-3-8(11)7-9(10)12/h3-4,7,13H,5-6H2,1-2H3. The minimum Gasteiger partial charge on any atom is -0.383 e. The van der Waals surface area contributed by atoms with Crippen molar-refractivity contribution >= 4 is 28.3 Å². The summed E-state index contributed by atoms with van der Waals surface area (Å²) in [7, 11) is 4.05. The summed E-state index contributed by atoms with van der Waals surface area (Å²) >= 11 is 2.13. The second kappa shape index (κ2) is 5.50. The average Bonchev–Trinajstić information content (AvgIpc) is 2.08. The van der Waals surface area contributed by atoms with Gasteiger partial charge in [0.05, 0.1) is 0 Å². The lowest BCUT2D eigenvalue weighted by Gasteiger charge is -2.12. The van der Waals surface area contributed by atoms with Gasteiger partial charge in [-0.25, -0.2) is 4.39 Å². The molecule has 0 saturated carbocycles. The maximum atomic E-state index is 12.8. The first kappa shape index (κ1) is 11.7. The zero-order valence-electron chi connectivity index (χ0n) is 8.35. The van der Waals surface area contributed by atoms with Crippen LogP contribution in [0.2, 0.25) is 0 Å². The van der Waals surface area contributed by atoms with E-state index >= 15 is 0 Å². The summed E-state index contributed by atoms with van der Waals surface area (Å²) < 4.78 is 13.7. The van der Waals surface area contributed by atoms with Crippen molar-refractivity contribution in [2.75, 3.05) is 32.5 Å². The summed E-state index contributed by atoms with van der Waals surface area (Å²) in [6.07, 6.45) is 0. The predicted molar refractivity (Wildman–Crippen MR) is 66.2 cm³/mol. The maximum Gasteiger partial charge on any atom is 0.124 e. The molecule has 1 N–H and O–H groups in total. The highest BCUT2D eigenvalue weighted by Crippen LogP contribution is 2.18. The number of nitrogens with one attached hydrogen (secondary N) is 1. The van der Waals surface area contributed by atoms with Gasteiger partial charge in [-0.3, -0.25) is 0 Å². The van der Waals surface area contributed by atoms with Gasteiger partial charge in [0.15, 0.2) is 0 Å². The van der Waals surface area contributed by atoms with Crippen molar-refractivity contribution < 1.29 is 4.39 Å². The summed E-state index contributed by atoms with van der Waals surface area (Å²) in [5, 5.41) is 3.26. The third kappa shape index (κ3) is 3.79. The lowest BCUT2D eigenvalue weighted by molar-refractivity contribution is 0.425. The van der Waals surface area contributed by atoms with Gasteiger partial charge in [0.2, 0.25) is 0 Å². The Hall–Kier alpha value is -0.360. The van der Waals surface area contributed by atoms with Gasteiger partial charge in [-0.1, -0.05) is 0 Å². The number of anilines is 1. The first-order chi connectivity index (χ1) is 6.59. The van der Waals surface area contributed by atoms with E-state index in [1.54, 1.807) is 6.07 Å². The maximum absolute atomic E-state index is 12.8. The summed E-state index contributed by atoms with van der Waals surface area (Å²) in [4.78, 5) is 2.10. The number of rotatable bonds is 4. The number of benzene rings is 1. The topological polar surface area (TPSA) is 15.3 Å². The van der Waals surface area contributed by atoms with Gasteiger partial charge in [0, 0.05) is 22.3 Å². The highest BCUT2D eigenvalue weighted by molar-refractivity contribution is 14.1. The first-order valence-electron chi connectivity index (χ1n) is 4.43. The molecule has 4 heteroatoms. The van der Waals surface area contributed by atoms with Crippen LogP contribution >= 0.6 is 22.6 Å². The monoisotopic (exact) mass is 308 g/mol. The van der Waals surface area contributed by atoms with Crippen molar-refractivity contribution in [2.45, 2.75) is 0 Å². The molecule has 2 nitrogen and oxygen atoms in total. The van der Waals surface area contributed by atoms with Crippen LogP contribution in [0.25, 0.3) is 0 Å². The van der Waals surface area contributed by atoms with Crippen LogP contribution in [0.1, 0.15) is 0 Å². The Bertz CT molecular complexity index is 302. The number of halogens is 2. The largest absolute Gasteiger partial charge is 0.383 e. The van der Waals surface area contributed by atoms with Crippen LogP contribution < -0.4 is 5.32 Å². The fraction of sp³-hybridized carbons (Fsp3) is 0.400. The smallest absolute Gasteiger partial charge is 0.124 e. The molecule has 0 bridgehead atoms. The van der Waals surface area contributed by atoms with E-state index in [9.17, 15) is 4.39 Å². The van der Waals surface area contributed by atoms with E-state index < -0.39 is 0 Å². The van der Waals surface area contributed by atoms with Crippen LogP contribution in [-0.2, 0) is 0 Å². The highest BCUT2D eigenvalue weighted by atomic mass is 127. The number of hydrogen-bond donors (Lipinski definition) is 1. The van der Waals surface area contributed by atoms with Crippen molar-refractivity contribution in [3.05, 3.63) is 27.6 Å². The molecule has 0 aliphatic rings. The van der Waals surface area contributed by atoms with Crippen molar-refractivity contribution in [3.8, 4) is 0 Å². The lowest BCUT2D eigenvalue weighted by atomic mass is 10.3. The first-order valence-corrected chi connectivity index (χ1v) is 5.51. The molecule has 0 spiro atoms. The van der Waals surface area contributed by atoms with Crippen LogP contribution in [0.15, 0.2) is 18.2 Å². The van der Waals surface area contributed by atoms with Gasteiger partial charge >= 0.3 is 0 Å². The highest BCUT2D eigenvalue weighted by Gasteiger charge is 2.00. The second-order valence-electron chi connectivity index (χ2n) is 3.35. The molecular weight excluding hydrogens is 294 g/mol. The van der Waals surface area contributed by atoms with Crippen LogP contribution in [0, 0.1) is 9.39 Å². The summed E-state index contributed by atoms with van der Waals surface area (Å²) in [5.41, 5.74) is 0.994. The molecule has 1 rings (SSSR count). The minimum absolute atomic E-state index is 0.187. The van der Waals surface area contributed by atoms with E-state index in [0.29, 0.717) is 0 Å². The van der Waals surface area contributed by atoms with Gasteiger partial charge in [-0.05, 0) is 54.9 Å². The van der Waals surface area contributed by atoms with Crippen LogP contribution in [0.5, 0.6) is 0 Å². The normalized spacial score (nSPS) is 10.6. The third-order valence-electron chi connectivity index (χ3n) is 1.81. The van der Waals surface area contributed by atoms with Crippen LogP contribution in [0.3, 0.4) is 0 Å². The lowest BCUT2D eigenvalue weighted by Crippen LogP contribution is -2.21. The average molecular weight is 308 g/mol. The van der Waals surface area contributed by atoms with Crippen molar-refractivity contribution in [3.63, 3.8) is 0 Å². The number of hydrogen-bond acceptors (Lipinski definition) is 2. The van der Waals surface area contributed by atoms with E-state index in [1.165, 1.54) is 12.1 Å². The Balaban J connectivity index is 2.51. The zero-order chi connectivity index (χ0) is 10.6. The molecule has 0 unspecified atom stereocenters. The fourth-order valence-corrected chi connectivity index (χ4v) is 1.72. The van der Waals surface area contributed by atoms with Gasteiger partial charge < -0.3 is 10.2 Å². The molecule has 1 aromatic carbocycles. The van der Waals surface area contributed by atoms with E-state index in [4.69, 9.17) is 0 Å². The molecule has 0 aromatic heterocycles. The quantitative estimate of drug-likeness (QED) is 0.859. The summed E-state index contributed by atoms with van der Waals surface area (Å²) in [5.74, 6) is -0.187. The van der Waals surface area contributed by atoms with Crippen molar-refractivity contribution in [1.82, 2.24) is 4.90 Å². The zero-order valence-corrected chi connectivity index (χ0v) is 10.5. The summed E-state index contributed by atoms with van der Waals surface area (Å²) in [6.45, 7) is 1.84. The molecule has 0 amide bonds. The predicted octanol–water partition coefficient (Wildman–Crippen LogP) is 2.40. The van der Waals surface area contributed by atoms with Crippen LogP contribution in [-0.4, -0.2) is 32.1 Å². The van der Waals surface area contributed by atoms with Crippen LogP contribution in [0.4, 0.5) is 10.1 Å². The molecule has 14 heavy (non-hydrogen) atoms. The second-order valence-corrected chi connectivity index (χ2v) is 4.52. The number of likely N-dealkylation sites (N-methyl/N-ethyl adjacent to an activating group) is 1. The Morgan fingerprint density at radius 3 is 2.71 bits per heavy atom. The minimum atomic E-state index is -0.187. The third-order valence-corrected chi connectivity index (χ3v) is 2.70. The molecule has 1 aromatic rings. The molecule has 0 aliphatic heterocycles. The fourth-order valence-electron chi connectivity index (χ4n) is 1.05. The Morgan fingerprint density at radius 2 is 2.14 bits per heavy atom. The van der Waals surface area contributed by atoms with E-state index in [0.717, 1.165) is 22.3 Å². The molecule has 0 heterocycles. The Kier molecular flexibility index (Phi) is 4.60. The molecule has 78 valence electrons. The van der Waals surface area contributed by atoms with Gasteiger partial charge in [0.25, 0.3) is 0 Å². The van der Waals surface area contributed by atoms with Crippen molar-refractivity contribution in [2.24, 2.45) is 0 Å². The van der Waals surface area contributed by atoms with E-state index in [-0.39, 0.29) is 5.82 Å². The van der Waals surface area contributed by atoms with E-state index in [2.05, 4.69) is 32.8 Å². The molecule has 0 aliphatic carbocycles. The molecule has 0 fully saturated rings. The van der Waals surface area contributed by atoms with Crippen molar-refractivity contribution in [1.29, 1.82) is 0 Å². The molecule has 0 radical (unpaired) electrons. The van der Waals surface area contributed by atoms with Gasteiger partial charge in [0.1, 0.15) is 5.82 Å². The van der Waals surface area contributed by atoms with Gasteiger partial charge in [-0.15, -0.1) is 0 Å². The molecule has 0 saturated heterocycles. The Morgan fingerprint density at radius 1 is 1.43 bits per heavy atom. The van der Waals surface area contributed by atoms with E-state index in [1.807, 2.05) is 14.1 Å². The summed E-state index contributed by atoms with van der Waals surface area (Å²) in [6, 6.07) is 4.77. The molecule has 0 atom stereocenters. The van der Waals surface area contributed by atoms with Gasteiger partial charge in [-0.2, -0.15) is 0 Å². The molecular formula is C10H14FIN2. The SMILES string of the molecule is CN(C)CCNc1ccc(F)cc1I. The Labute approximate surface area is 97.6 Å².